The minimum absolute atomic E-state index is 0.615. The topological polar surface area (TPSA) is 50.2 Å². The smallest absolute Gasteiger partial charge is 0.381 e. The summed E-state index contributed by atoms with van der Waals surface area (Å²) in [6.45, 7) is 0. The van der Waals surface area contributed by atoms with Crippen LogP contribution in [0.25, 0.3) is 0 Å². The highest BCUT2D eigenvalue weighted by Crippen LogP contribution is 2.11. The average molecular weight is 279 g/mol. The molecule has 0 aliphatic carbocycles. The molecule has 21 heavy (non-hydrogen) atoms. The fourth-order valence-corrected chi connectivity index (χ4v) is 2.08. The van der Waals surface area contributed by atoms with E-state index >= 15 is 0 Å². The Morgan fingerprint density at radius 1 is 1.10 bits per heavy atom. The number of carboxylic acids is 1. The molecule has 1 aromatic carbocycles. The number of hydrogen-bond acceptors (Lipinski definition) is 2. The van der Waals surface area contributed by atoms with Gasteiger partial charge in [0.15, 0.2) is 0 Å². The summed E-state index contributed by atoms with van der Waals surface area (Å²) in [6, 6.07) is 12.5. The second-order valence-electron chi connectivity index (χ2n) is 4.82. The summed E-state index contributed by atoms with van der Waals surface area (Å²) in [5, 5.41) is 8.40. The van der Waals surface area contributed by atoms with Crippen molar-refractivity contribution in [1.82, 2.24) is 4.98 Å². The summed E-state index contributed by atoms with van der Waals surface area (Å²) in [4.78, 5) is 14.4. The molecule has 0 fully saturated rings. The van der Waals surface area contributed by atoms with E-state index in [9.17, 15) is 4.79 Å². The number of hydrogen-bond donors (Lipinski definition) is 1. The monoisotopic (exact) mass is 279 g/mol. The first-order valence-corrected chi connectivity index (χ1v) is 6.92. The maximum absolute atomic E-state index is 10.2. The van der Waals surface area contributed by atoms with Crippen molar-refractivity contribution >= 4 is 5.97 Å². The van der Waals surface area contributed by atoms with Gasteiger partial charge in [-0.15, -0.1) is 0 Å². The lowest BCUT2D eigenvalue weighted by atomic mass is 10.0. The van der Waals surface area contributed by atoms with E-state index in [0.717, 1.165) is 19.3 Å². The van der Waals surface area contributed by atoms with Crippen LogP contribution in [0.15, 0.2) is 48.8 Å². The van der Waals surface area contributed by atoms with E-state index in [0.29, 0.717) is 6.42 Å². The number of aliphatic carboxylic acids is 1. The quantitative estimate of drug-likeness (QED) is 0.676. The zero-order valence-corrected chi connectivity index (χ0v) is 11.7. The van der Waals surface area contributed by atoms with Gasteiger partial charge in [-0.2, -0.15) is 0 Å². The zero-order chi connectivity index (χ0) is 14.9. The standard InChI is InChI=1S/C18H17NO2/c20-18(21)7-3-1-2-5-15-8-10-16(11-9-15)13-17-6-4-12-19-14-17/h4,6,8-12,14H,1-2,5,13H2,(H,20,21). The molecule has 0 spiro atoms. The highest BCUT2D eigenvalue weighted by atomic mass is 16.4. The number of rotatable bonds is 5. The number of aromatic nitrogens is 1. The Hall–Kier alpha value is -2.60. The number of carboxylic acid groups (broad SMARTS) is 1. The number of pyridine rings is 1. The van der Waals surface area contributed by atoms with Gasteiger partial charge in [-0.1, -0.05) is 36.3 Å². The maximum Gasteiger partial charge on any atom is 0.381 e. The van der Waals surface area contributed by atoms with Gasteiger partial charge in [0.2, 0.25) is 0 Å². The van der Waals surface area contributed by atoms with Crippen LogP contribution in [0.4, 0.5) is 0 Å². The highest BCUT2D eigenvalue weighted by Gasteiger charge is 1.97. The Bertz CT molecular complexity index is 636. The van der Waals surface area contributed by atoms with Crippen molar-refractivity contribution in [1.29, 1.82) is 0 Å². The van der Waals surface area contributed by atoms with Gasteiger partial charge in [-0.25, -0.2) is 4.79 Å². The largest absolute Gasteiger partial charge is 0.472 e. The molecule has 0 saturated heterocycles. The second-order valence-corrected chi connectivity index (χ2v) is 4.82. The van der Waals surface area contributed by atoms with Crippen LogP contribution in [0.3, 0.4) is 0 Å². The molecule has 0 atom stereocenters. The summed E-state index contributed by atoms with van der Waals surface area (Å²) >= 11 is 0. The van der Waals surface area contributed by atoms with Crippen LogP contribution >= 0.6 is 0 Å². The minimum atomic E-state index is -1.06. The van der Waals surface area contributed by atoms with Crippen molar-refractivity contribution in [2.45, 2.75) is 25.7 Å². The van der Waals surface area contributed by atoms with Crippen LogP contribution in [-0.2, 0) is 17.6 Å². The van der Waals surface area contributed by atoms with Crippen molar-refractivity contribution in [2.24, 2.45) is 0 Å². The van der Waals surface area contributed by atoms with E-state index in [4.69, 9.17) is 5.11 Å². The fraction of sp³-hybridized carbons (Fsp3) is 0.222. The maximum atomic E-state index is 10.2. The van der Waals surface area contributed by atoms with Gasteiger partial charge in [0, 0.05) is 24.7 Å². The molecule has 0 saturated carbocycles. The molecule has 0 aliphatic rings. The molecular weight excluding hydrogens is 262 g/mol. The van der Waals surface area contributed by atoms with Gasteiger partial charge in [-0.3, -0.25) is 4.98 Å². The van der Waals surface area contributed by atoms with Crippen LogP contribution in [-0.4, -0.2) is 16.1 Å². The SMILES string of the molecule is O=C(O)C#CCCCc1ccc(Cc2cccnc2)cc1. The molecule has 1 aromatic heterocycles. The second kappa shape index (κ2) is 7.86. The molecule has 1 N–H and O–H groups in total. The summed E-state index contributed by atoms with van der Waals surface area (Å²) in [5.74, 6) is 3.71. The Morgan fingerprint density at radius 2 is 1.86 bits per heavy atom. The summed E-state index contributed by atoms with van der Waals surface area (Å²) in [5.41, 5.74) is 3.72. The molecule has 3 nitrogen and oxygen atoms in total. The summed E-state index contributed by atoms with van der Waals surface area (Å²) in [7, 11) is 0. The number of carbonyl (C=O) groups is 1. The number of nitrogens with zero attached hydrogens (tertiary/aromatic N) is 1. The van der Waals surface area contributed by atoms with Crippen LogP contribution in [0, 0.1) is 11.8 Å². The number of benzene rings is 1. The highest BCUT2D eigenvalue weighted by molar-refractivity contribution is 5.86. The van der Waals surface area contributed by atoms with Gasteiger partial charge in [0.1, 0.15) is 0 Å². The van der Waals surface area contributed by atoms with Gasteiger partial charge < -0.3 is 5.11 Å². The molecule has 0 aliphatic heterocycles. The van der Waals surface area contributed by atoms with Crippen LogP contribution in [0.5, 0.6) is 0 Å². The van der Waals surface area contributed by atoms with E-state index in [1.807, 2.05) is 12.3 Å². The first kappa shape index (κ1) is 14.8. The Kier molecular flexibility index (Phi) is 5.54. The molecule has 2 aromatic rings. The van der Waals surface area contributed by atoms with E-state index in [2.05, 4.69) is 47.2 Å². The first-order valence-electron chi connectivity index (χ1n) is 6.92. The van der Waals surface area contributed by atoms with Crippen molar-refractivity contribution in [3.63, 3.8) is 0 Å². The molecule has 1 heterocycles. The Labute approximate surface area is 124 Å². The van der Waals surface area contributed by atoms with Crippen LogP contribution < -0.4 is 0 Å². The lowest BCUT2D eigenvalue weighted by molar-refractivity contribution is -0.130. The van der Waals surface area contributed by atoms with Crippen molar-refractivity contribution in [3.8, 4) is 11.8 Å². The van der Waals surface area contributed by atoms with Crippen molar-refractivity contribution < 1.29 is 9.90 Å². The lowest BCUT2D eigenvalue weighted by Crippen LogP contribution is -1.91. The van der Waals surface area contributed by atoms with Crippen molar-refractivity contribution in [3.05, 3.63) is 65.5 Å². The molecule has 106 valence electrons. The average Bonchev–Trinajstić information content (AvgIpc) is 2.49. The van der Waals surface area contributed by atoms with Gasteiger partial charge in [0.25, 0.3) is 0 Å². The van der Waals surface area contributed by atoms with Crippen LogP contribution in [0.1, 0.15) is 29.5 Å². The lowest BCUT2D eigenvalue weighted by Gasteiger charge is -2.04. The van der Waals surface area contributed by atoms with Crippen LogP contribution in [0.2, 0.25) is 0 Å². The molecule has 3 heteroatoms. The Balaban J connectivity index is 1.82. The van der Waals surface area contributed by atoms with E-state index in [1.165, 1.54) is 16.7 Å². The first-order chi connectivity index (χ1) is 10.2. The minimum Gasteiger partial charge on any atom is -0.472 e. The summed E-state index contributed by atoms with van der Waals surface area (Å²) in [6.07, 6.45) is 6.96. The third-order valence-corrected chi connectivity index (χ3v) is 3.12. The fourth-order valence-electron chi connectivity index (χ4n) is 2.08. The molecule has 0 unspecified atom stereocenters. The zero-order valence-electron chi connectivity index (χ0n) is 11.7. The molecule has 0 bridgehead atoms. The van der Waals surface area contributed by atoms with Gasteiger partial charge in [0.05, 0.1) is 0 Å². The molecule has 0 amide bonds. The van der Waals surface area contributed by atoms with Crippen molar-refractivity contribution in [2.75, 3.05) is 0 Å². The normalized spacial score (nSPS) is 9.71. The van der Waals surface area contributed by atoms with E-state index in [-0.39, 0.29) is 0 Å². The predicted molar refractivity (Wildman–Crippen MR) is 81.8 cm³/mol. The Morgan fingerprint density at radius 3 is 2.52 bits per heavy atom. The predicted octanol–water partition coefficient (Wildman–Crippen LogP) is 3.08. The molecular formula is C18H17NO2. The number of aryl methyl sites for hydroxylation is 1. The third-order valence-electron chi connectivity index (χ3n) is 3.12. The summed E-state index contributed by atoms with van der Waals surface area (Å²) < 4.78 is 0. The van der Waals surface area contributed by atoms with Gasteiger partial charge in [-0.05, 0) is 42.0 Å². The van der Waals surface area contributed by atoms with E-state index in [1.54, 1.807) is 6.20 Å². The van der Waals surface area contributed by atoms with Gasteiger partial charge >= 0.3 is 5.97 Å². The number of unbranched alkanes of at least 4 members (excludes halogenated alkanes) is 1. The van der Waals surface area contributed by atoms with E-state index < -0.39 is 5.97 Å². The molecule has 2 rings (SSSR count). The molecule has 0 radical (unpaired) electrons. The third kappa shape index (κ3) is 5.50.